The van der Waals surface area contributed by atoms with Crippen LogP contribution in [0.3, 0.4) is 0 Å². The molecular formula is C24H18ClN3O5. The van der Waals surface area contributed by atoms with Crippen molar-refractivity contribution in [3.05, 3.63) is 99.4 Å². The number of halogens is 1. The van der Waals surface area contributed by atoms with Gasteiger partial charge in [0.15, 0.2) is 5.43 Å². The Bertz CT molecular complexity index is 1390. The van der Waals surface area contributed by atoms with Crippen LogP contribution in [0.5, 0.6) is 5.88 Å². The lowest BCUT2D eigenvalue weighted by Crippen LogP contribution is -2.29. The normalized spacial score (nSPS) is 10.6. The molecule has 8 nitrogen and oxygen atoms in total. The Labute approximate surface area is 193 Å². The molecule has 0 aliphatic carbocycles. The zero-order valence-corrected chi connectivity index (χ0v) is 18.2. The number of hydrogen-bond donors (Lipinski definition) is 1. The Balaban J connectivity index is 1.92. The summed E-state index contributed by atoms with van der Waals surface area (Å²) in [6, 6.07) is 18.7. The second-order valence-electron chi connectivity index (χ2n) is 6.90. The van der Waals surface area contributed by atoms with Gasteiger partial charge in [0.25, 0.3) is 5.91 Å². The number of carbonyl (C=O) groups excluding carboxylic acids is 2. The molecule has 0 unspecified atom stereocenters. The zero-order valence-electron chi connectivity index (χ0n) is 17.4. The van der Waals surface area contributed by atoms with Crippen LogP contribution in [0.4, 0.5) is 4.79 Å². The number of ether oxygens (including phenoxy) is 2. The highest BCUT2D eigenvalue weighted by molar-refractivity contribution is 6.31. The first-order valence-electron chi connectivity index (χ1n) is 9.87. The molecule has 0 aliphatic heterocycles. The summed E-state index contributed by atoms with van der Waals surface area (Å²) in [6.45, 7) is -0.216. The number of methoxy groups -OCH3 is 1. The van der Waals surface area contributed by atoms with Crippen molar-refractivity contribution in [3.8, 4) is 11.6 Å². The molecule has 4 rings (SSSR count). The maximum Gasteiger partial charge on any atom is 0.514 e. The van der Waals surface area contributed by atoms with E-state index < -0.39 is 17.5 Å². The van der Waals surface area contributed by atoms with Gasteiger partial charge in [0, 0.05) is 22.3 Å². The van der Waals surface area contributed by atoms with Gasteiger partial charge in [-0.3, -0.25) is 19.1 Å². The Morgan fingerprint density at radius 3 is 2.52 bits per heavy atom. The van der Waals surface area contributed by atoms with Crippen LogP contribution >= 0.6 is 11.6 Å². The topological polar surface area (TPSA) is 99.5 Å². The summed E-state index contributed by atoms with van der Waals surface area (Å²) in [7, 11) is 1.16. The van der Waals surface area contributed by atoms with Crippen LogP contribution in [0.15, 0.2) is 77.7 Å². The van der Waals surface area contributed by atoms with E-state index in [0.29, 0.717) is 21.6 Å². The van der Waals surface area contributed by atoms with Crippen molar-refractivity contribution in [1.29, 1.82) is 0 Å². The highest BCUT2D eigenvalue weighted by atomic mass is 35.5. The summed E-state index contributed by atoms with van der Waals surface area (Å²) in [4.78, 5) is 42.1. The third-order valence-electron chi connectivity index (χ3n) is 4.86. The van der Waals surface area contributed by atoms with Gasteiger partial charge < -0.3 is 14.8 Å². The number of amides is 1. The van der Waals surface area contributed by atoms with E-state index in [2.05, 4.69) is 15.0 Å². The van der Waals surface area contributed by atoms with Crippen LogP contribution in [0, 0.1) is 0 Å². The quantitative estimate of drug-likeness (QED) is 0.447. The van der Waals surface area contributed by atoms with Crippen molar-refractivity contribution in [2.75, 3.05) is 7.11 Å². The number of fused-ring (bicyclic) bond motifs is 1. The van der Waals surface area contributed by atoms with Crippen molar-refractivity contribution in [3.63, 3.8) is 0 Å². The van der Waals surface area contributed by atoms with Crippen molar-refractivity contribution in [2.45, 2.75) is 6.54 Å². The van der Waals surface area contributed by atoms with Gasteiger partial charge in [0.05, 0.1) is 24.7 Å². The fourth-order valence-corrected chi connectivity index (χ4v) is 3.53. The molecule has 9 heteroatoms. The molecule has 33 heavy (non-hydrogen) atoms. The Morgan fingerprint density at radius 2 is 1.82 bits per heavy atom. The number of aromatic nitrogens is 2. The van der Waals surface area contributed by atoms with Crippen molar-refractivity contribution < 1.29 is 19.1 Å². The number of para-hydroxylation sites is 1. The molecule has 0 saturated heterocycles. The molecule has 0 saturated carbocycles. The highest BCUT2D eigenvalue weighted by Gasteiger charge is 2.23. The van der Waals surface area contributed by atoms with Gasteiger partial charge in [-0.15, -0.1) is 0 Å². The minimum Gasteiger partial charge on any atom is -0.437 e. The number of nitrogens with zero attached hydrogens (tertiary/aromatic N) is 2. The first-order valence-corrected chi connectivity index (χ1v) is 10.2. The number of benzene rings is 2. The van der Waals surface area contributed by atoms with E-state index in [1.807, 2.05) is 6.07 Å². The van der Waals surface area contributed by atoms with Crippen LogP contribution in [0.25, 0.3) is 16.6 Å². The smallest absolute Gasteiger partial charge is 0.437 e. The second-order valence-corrected chi connectivity index (χ2v) is 7.34. The lowest BCUT2D eigenvalue weighted by molar-refractivity contribution is 0.0945. The molecule has 2 aromatic carbocycles. The van der Waals surface area contributed by atoms with Gasteiger partial charge in [0.2, 0.25) is 5.88 Å². The molecule has 2 heterocycles. The SMILES string of the molecule is COC(=O)Oc1c(CNC(=O)c2ccccn2)c(=O)c2ccc(Cl)cc2n1-c1ccccc1. The van der Waals surface area contributed by atoms with E-state index in [0.717, 1.165) is 7.11 Å². The fourth-order valence-electron chi connectivity index (χ4n) is 3.36. The van der Waals surface area contributed by atoms with Gasteiger partial charge in [-0.2, -0.15) is 0 Å². The van der Waals surface area contributed by atoms with E-state index in [1.165, 1.54) is 6.20 Å². The van der Waals surface area contributed by atoms with Gasteiger partial charge >= 0.3 is 6.16 Å². The minimum absolute atomic E-state index is 0.0587. The van der Waals surface area contributed by atoms with Gasteiger partial charge in [-0.1, -0.05) is 35.9 Å². The molecule has 0 spiro atoms. The first kappa shape index (κ1) is 22.0. The summed E-state index contributed by atoms with van der Waals surface area (Å²) in [5.41, 5.74) is 0.861. The Kier molecular flexibility index (Phi) is 6.37. The minimum atomic E-state index is -1.02. The van der Waals surface area contributed by atoms with Crippen molar-refractivity contribution in [2.24, 2.45) is 0 Å². The number of hydrogen-bond acceptors (Lipinski definition) is 6. The second kappa shape index (κ2) is 9.54. The summed E-state index contributed by atoms with van der Waals surface area (Å²) < 4.78 is 11.7. The average molecular weight is 464 g/mol. The molecule has 0 bridgehead atoms. The zero-order chi connectivity index (χ0) is 23.4. The number of carbonyl (C=O) groups is 2. The maximum absolute atomic E-state index is 13.4. The average Bonchev–Trinajstić information content (AvgIpc) is 2.84. The lowest BCUT2D eigenvalue weighted by Gasteiger charge is -2.20. The third kappa shape index (κ3) is 4.56. The number of rotatable bonds is 5. The summed E-state index contributed by atoms with van der Waals surface area (Å²) in [5.74, 6) is -0.574. The predicted octanol–water partition coefficient (Wildman–Crippen LogP) is 4.11. The summed E-state index contributed by atoms with van der Waals surface area (Å²) in [6.07, 6.45) is 0.473. The van der Waals surface area contributed by atoms with E-state index >= 15 is 0 Å². The molecule has 166 valence electrons. The molecule has 4 aromatic rings. The Hall–Kier alpha value is -4.17. The van der Waals surface area contributed by atoms with E-state index in [-0.39, 0.29) is 23.7 Å². The number of pyridine rings is 2. The molecule has 0 atom stereocenters. The predicted molar refractivity (Wildman–Crippen MR) is 123 cm³/mol. The molecular weight excluding hydrogens is 446 g/mol. The van der Waals surface area contributed by atoms with E-state index in [9.17, 15) is 14.4 Å². The van der Waals surface area contributed by atoms with Crippen molar-refractivity contribution in [1.82, 2.24) is 14.9 Å². The monoisotopic (exact) mass is 463 g/mol. The standard InChI is InChI=1S/C24H18ClN3O5/c1-32-24(31)33-23-18(14-27-22(30)19-9-5-6-12-26-19)21(29)17-11-10-15(25)13-20(17)28(23)16-7-3-2-4-8-16/h2-13H,14H2,1H3,(H,27,30). The molecule has 0 radical (unpaired) electrons. The van der Waals surface area contributed by atoms with Gasteiger partial charge in [0.1, 0.15) is 5.69 Å². The Morgan fingerprint density at radius 1 is 1.06 bits per heavy atom. The van der Waals surface area contributed by atoms with Gasteiger partial charge in [-0.05, 0) is 42.5 Å². The highest BCUT2D eigenvalue weighted by Crippen LogP contribution is 2.29. The van der Waals surface area contributed by atoms with Crippen LogP contribution in [0.1, 0.15) is 16.1 Å². The molecule has 0 fully saturated rings. The molecule has 1 amide bonds. The van der Waals surface area contributed by atoms with Gasteiger partial charge in [-0.25, -0.2) is 4.79 Å². The maximum atomic E-state index is 13.4. The fraction of sp³-hybridized carbons (Fsp3) is 0.0833. The van der Waals surface area contributed by atoms with Crippen LogP contribution in [-0.2, 0) is 11.3 Å². The summed E-state index contributed by atoms with van der Waals surface area (Å²) >= 11 is 6.21. The van der Waals surface area contributed by atoms with Crippen LogP contribution in [0.2, 0.25) is 5.02 Å². The van der Waals surface area contributed by atoms with E-state index in [1.54, 1.807) is 65.2 Å². The molecule has 0 aliphatic rings. The first-order chi connectivity index (χ1) is 16.0. The molecule has 1 N–H and O–H groups in total. The number of nitrogens with one attached hydrogen (secondary N) is 1. The summed E-state index contributed by atoms with van der Waals surface area (Å²) in [5, 5.41) is 3.40. The van der Waals surface area contributed by atoms with Crippen LogP contribution in [-0.4, -0.2) is 28.7 Å². The molecule has 2 aromatic heterocycles. The lowest BCUT2D eigenvalue weighted by atomic mass is 10.1. The third-order valence-corrected chi connectivity index (χ3v) is 5.10. The largest absolute Gasteiger partial charge is 0.514 e. The van der Waals surface area contributed by atoms with Crippen LogP contribution < -0.4 is 15.5 Å². The van der Waals surface area contributed by atoms with Crippen molar-refractivity contribution >= 4 is 34.6 Å². The van der Waals surface area contributed by atoms with E-state index in [4.69, 9.17) is 16.3 Å².